The normalized spacial score (nSPS) is 32.7. The molecule has 1 saturated carbocycles. The minimum Gasteiger partial charge on any atom is -0.394 e. The topological polar surface area (TPSA) is 84.6 Å². The second-order valence-corrected chi connectivity index (χ2v) is 5.40. The Balaban J connectivity index is 2.68. The average Bonchev–Trinajstić information content (AvgIpc) is 2.28. The van der Waals surface area contributed by atoms with Gasteiger partial charge < -0.3 is 20.9 Å². The van der Waals surface area contributed by atoms with Crippen molar-refractivity contribution in [2.75, 3.05) is 13.2 Å². The van der Waals surface area contributed by atoms with Crippen LogP contribution in [0.3, 0.4) is 0 Å². The van der Waals surface area contributed by atoms with E-state index in [0.29, 0.717) is 13.0 Å². The van der Waals surface area contributed by atoms with Gasteiger partial charge in [0.25, 0.3) is 0 Å². The Hall–Kier alpha value is -0.650. The van der Waals surface area contributed by atoms with E-state index >= 15 is 0 Å². The van der Waals surface area contributed by atoms with Gasteiger partial charge in [0.2, 0.25) is 5.91 Å². The Bertz CT molecular complexity index is 293. The summed E-state index contributed by atoms with van der Waals surface area (Å²) in [5, 5.41) is 11.6. The van der Waals surface area contributed by atoms with Gasteiger partial charge in [0.05, 0.1) is 12.7 Å². The highest BCUT2D eigenvalue weighted by molar-refractivity contribution is 5.89. The molecule has 0 aliphatic heterocycles. The number of hydrogen-bond acceptors (Lipinski definition) is 4. The van der Waals surface area contributed by atoms with Crippen LogP contribution in [0.4, 0.5) is 0 Å². The van der Waals surface area contributed by atoms with Gasteiger partial charge in [0.1, 0.15) is 5.54 Å². The van der Waals surface area contributed by atoms with Gasteiger partial charge in [-0.2, -0.15) is 0 Å². The van der Waals surface area contributed by atoms with Gasteiger partial charge in [0.15, 0.2) is 0 Å². The number of nitrogens with two attached hydrogens (primary N) is 1. The molecule has 3 atom stereocenters. The molecule has 2 unspecified atom stereocenters. The zero-order valence-corrected chi connectivity index (χ0v) is 11.1. The van der Waals surface area contributed by atoms with Crippen LogP contribution in [-0.4, -0.2) is 41.9 Å². The van der Waals surface area contributed by atoms with Crippen LogP contribution in [0.5, 0.6) is 0 Å². The lowest BCUT2D eigenvalue weighted by atomic mass is 9.54. The van der Waals surface area contributed by atoms with Gasteiger partial charge in [-0.25, -0.2) is 0 Å². The molecule has 0 radical (unpaired) electrons. The highest BCUT2D eigenvalue weighted by atomic mass is 16.5. The number of ether oxygens (including phenoxy) is 1. The van der Waals surface area contributed by atoms with E-state index in [0.717, 1.165) is 0 Å². The maximum Gasteiger partial charge on any atom is 0.241 e. The first-order valence-electron chi connectivity index (χ1n) is 6.12. The van der Waals surface area contributed by atoms with Gasteiger partial charge in [-0.05, 0) is 13.8 Å². The van der Waals surface area contributed by atoms with Crippen molar-refractivity contribution < 1.29 is 14.6 Å². The Kier molecular flexibility index (Phi) is 4.17. The fourth-order valence-electron chi connectivity index (χ4n) is 2.22. The van der Waals surface area contributed by atoms with Crippen molar-refractivity contribution >= 4 is 5.91 Å². The maximum atomic E-state index is 12.1. The Morgan fingerprint density at radius 3 is 2.65 bits per heavy atom. The molecule has 1 rings (SSSR count). The number of rotatable bonds is 5. The highest BCUT2D eigenvalue weighted by Crippen LogP contribution is 2.49. The third-order valence-corrected chi connectivity index (χ3v) is 3.89. The molecule has 0 aromatic rings. The van der Waals surface area contributed by atoms with E-state index in [9.17, 15) is 4.79 Å². The predicted octanol–water partition coefficient (Wildman–Crippen LogP) is 0.0159. The molecule has 0 spiro atoms. The number of nitrogens with one attached hydrogen (secondary N) is 1. The Morgan fingerprint density at radius 2 is 2.24 bits per heavy atom. The van der Waals surface area contributed by atoms with E-state index in [1.807, 2.05) is 20.8 Å². The smallest absolute Gasteiger partial charge is 0.241 e. The van der Waals surface area contributed by atoms with Crippen LogP contribution >= 0.6 is 0 Å². The number of aliphatic hydroxyl groups excluding tert-OH is 1. The summed E-state index contributed by atoms with van der Waals surface area (Å²) in [7, 11) is 0. The SMILES string of the molecule is CCOC1CC(N)(C(=O)N[C@@H](C)CO)C1(C)C. The third-order valence-electron chi connectivity index (χ3n) is 3.89. The Labute approximate surface area is 103 Å². The van der Waals surface area contributed by atoms with Gasteiger partial charge in [0, 0.05) is 24.5 Å². The number of aliphatic hydroxyl groups is 1. The second-order valence-electron chi connectivity index (χ2n) is 5.40. The molecular formula is C12H24N2O3. The molecule has 0 aromatic carbocycles. The lowest BCUT2D eigenvalue weighted by molar-refractivity contribution is -0.171. The molecule has 1 aliphatic carbocycles. The number of hydrogen-bond donors (Lipinski definition) is 3. The van der Waals surface area contributed by atoms with E-state index in [1.165, 1.54) is 0 Å². The minimum atomic E-state index is -0.906. The molecule has 5 nitrogen and oxygen atoms in total. The first kappa shape index (κ1) is 14.4. The zero-order valence-electron chi connectivity index (χ0n) is 11.1. The molecule has 1 fully saturated rings. The number of carbonyl (C=O) groups is 1. The molecule has 100 valence electrons. The minimum absolute atomic E-state index is 0.0210. The summed E-state index contributed by atoms with van der Waals surface area (Å²) in [6, 6.07) is -0.273. The van der Waals surface area contributed by atoms with E-state index < -0.39 is 5.54 Å². The molecule has 0 heterocycles. The van der Waals surface area contributed by atoms with Crippen molar-refractivity contribution in [1.82, 2.24) is 5.32 Å². The van der Waals surface area contributed by atoms with Crippen LogP contribution in [0.1, 0.15) is 34.1 Å². The van der Waals surface area contributed by atoms with E-state index in [1.54, 1.807) is 6.92 Å². The van der Waals surface area contributed by atoms with Crippen molar-refractivity contribution in [1.29, 1.82) is 0 Å². The quantitative estimate of drug-likeness (QED) is 0.636. The second kappa shape index (κ2) is 4.92. The van der Waals surface area contributed by atoms with Crippen molar-refractivity contribution in [3.8, 4) is 0 Å². The number of carbonyl (C=O) groups excluding carboxylic acids is 1. The first-order chi connectivity index (χ1) is 7.79. The third kappa shape index (κ3) is 2.32. The van der Waals surface area contributed by atoms with Crippen molar-refractivity contribution in [2.24, 2.45) is 11.1 Å². The standard InChI is InChI=1S/C12H24N2O3/c1-5-17-9-6-12(13,11(9,3)4)10(16)14-8(2)7-15/h8-9,15H,5-7,13H2,1-4H3,(H,14,16)/t8-,9?,12?/m0/s1. The number of amides is 1. The zero-order chi connectivity index (χ0) is 13.3. The summed E-state index contributed by atoms with van der Waals surface area (Å²) in [6.07, 6.45) is 0.547. The van der Waals surface area contributed by atoms with Crippen LogP contribution < -0.4 is 11.1 Å². The van der Waals surface area contributed by atoms with Crippen LogP contribution in [-0.2, 0) is 9.53 Å². The summed E-state index contributed by atoms with van der Waals surface area (Å²) >= 11 is 0. The monoisotopic (exact) mass is 244 g/mol. The molecule has 17 heavy (non-hydrogen) atoms. The van der Waals surface area contributed by atoms with E-state index in [2.05, 4.69) is 5.32 Å². The predicted molar refractivity (Wildman–Crippen MR) is 65.4 cm³/mol. The van der Waals surface area contributed by atoms with Crippen LogP contribution in [0.15, 0.2) is 0 Å². The molecule has 5 heteroatoms. The molecular weight excluding hydrogens is 220 g/mol. The lowest BCUT2D eigenvalue weighted by Gasteiger charge is -2.57. The summed E-state index contributed by atoms with van der Waals surface area (Å²) in [4.78, 5) is 12.1. The van der Waals surface area contributed by atoms with Crippen molar-refractivity contribution in [3.05, 3.63) is 0 Å². The van der Waals surface area contributed by atoms with Crippen molar-refractivity contribution in [3.63, 3.8) is 0 Å². The summed E-state index contributed by atoms with van der Waals surface area (Å²) in [5.74, 6) is -0.208. The fraction of sp³-hybridized carbons (Fsp3) is 0.917. The molecule has 0 aromatic heterocycles. The molecule has 0 bridgehead atoms. The van der Waals surface area contributed by atoms with Crippen LogP contribution in [0.25, 0.3) is 0 Å². The van der Waals surface area contributed by atoms with E-state index in [-0.39, 0.29) is 30.1 Å². The summed E-state index contributed by atoms with van der Waals surface area (Å²) < 4.78 is 5.56. The summed E-state index contributed by atoms with van der Waals surface area (Å²) in [5.41, 5.74) is 4.88. The van der Waals surface area contributed by atoms with Crippen molar-refractivity contribution in [2.45, 2.75) is 51.8 Å². The van der Waals surface area contributed by atoms with Gasteiger partial charge in [-0.15, -0.1) is 0 Å². The molecule has 1 aliphatic rings. The van der Waals surface area contributed by atoms with Gasteiger partial charge in [-0.3, -0.25) is 4.79 Å². The highest BCUT2D eigenvalue weighted by Gasteiger charge is 2.62. The Morgan fingerprint density at radius 1 is 1.65 bits per heavy atom. The van der Waals surface area contributed by atoms with Gasteiger partial charge >= 0.3 is 0 Å². The van der Waals surface area contributed by atoms with E-state index in [4.69, 9.17) is 15.6 Å². The van der Waals surface area contributed by atoms with Gasteiger partial charge in [-0.1, -0.05) is 13.8 Å². The molecule has 4 N–H and O–H groups in total. The largest absolute Gasteiger partial charge is 0.394 e. The fourth-order valence-corrected chi connectivity index (χ4v) is 2.22. The average molecular weight is 244 g/mol. The van der Waals surface area contributed by atoms with Crippen LogP contribution in [0.2, 0.25) is 0 Å². The maximum absolute atomic E-state index is 12.1. The summed E-state index contributed by atoms with van der Waals surface area (Å²) in [6.45, 7) is 8.10. The molecule has 0 saturated heterocycles. The lowest BCUT2D eigenvalue weighted by Crippen LogP contribution is -2.76. The first-order valence-corrected chi connectivity index (χ1v) is 6.12. The molecule has 1 amide bonds. The van der Waals surface area contributed by atoms with Crippen LogP contribution in [0, 0.1) is 5.41 Å².